The van der Waals surface area contributed by atoms with Gasteiger partial charge in [0.05, 0.1) is 43.1 Å². The number of amides is 1. The number of carbonyl (C=O) groups excluding carboxylic acids is 2. The number of amidine groups is 1. The monoisotopic (exact) mass is 533 g/mol. The van der Waals surface area contributed by atoms with E-state index >= 15 is 0 Å². The first-order valence-electron chi connectivity index (χ1n) is 11.8. The number of furan rings is 1. The first-order chi connectivity index (χ1) is 18.1. The van der Waals surface area contributed by atoms with E-state index in [1.54, 1.807) is 31.4 Å². The van der Waals surface area contributed by atoms with Gasteiger partial charge in [-0.15, -0.1) is 0 Å². The Bertz CT molecular complexity index is 1400. The van der Waals surface area contributed by atoms with Gasteiger partial charge in [0.1, 0.15) is 5.76 Å². The molecule has 0 bridgehead atoms. The summed E-state index contributed by atoms with van der Waals surface area (Å²) in [5.74, 6) is 0.00264. The molecule has 1 atom stereocenters. The first-order valence-corrected chi connectivity index (χ1v) is 13.1. The van der Waals surface area contributed by atoms with Crippen LogP contribution in [0.1, 0.15) is 36.3 Å². The van der Waals surface area contributed by atoms with Gasteiger partial charge in [-0.05, 0) is 36.1 Å². The fourth-order valence-corrected chi connectivity index (χ4v) is 5.46. The van der Waals surface area contributed by atoms with Gasteiger partial charge < -0.3 is 19.4 Å². The summed E-state index contributed by atoms with van der Waals surface area (Å²) in [4.78, 5) is 33.2. The van der Waals surface area contributed by atoms with Crippen molar-refractivity contribution in [1.29, 1.82) is 0 Å². The summed E-state index contributed by atoms with van der Waals surface area (Å²) in [6.45, 7) is 2.26. The lowest BCUT2D eigenvalue weighted by molar-refractivity contribution is -0.139. The molecule has 2 aromatic carbocycles. The van der Waals surface area contributed by atoms with Crippen LogP contribution in [0.15, 0.2) is 99.1 Å². The molecule has 0 saturated carbocycles. The van der Waals surface area contributed by atoms with E-state index < -0.39 is 12.0 Å². The molecule has 9 heteroatoms. The van der Waals surface area contributed by atoms with Gasteiger partial charge in [0.2, 0.25) is 5.91 Å². The Balaban J connectivity index is 1.56. The topological polar surface area (TPSA) is 84.1 Å². The van der Waals surface area contributed by atoms with E-state index in [0.717, 1.165) is 11.1 Å². The maximum Gasteiger partial charge on any atom is 0.338 e. The molecule has 2 aliphatic rings. The highest BCUT2D eigenvalue weighted by Gasteiger charge is 2.43. The average Bonchev–Trinajstić information content (AvgIpc) is 3.58. The summed E-state index contributed by atoms with van der Waals surface area (Å²) in [5.41, 5.74) is 3.12. The number of ether oxygens (including phenoxy) is 1. The number of benzene rings is 2. The van der Waals surface area contributed by atoms with Crippen molar-refractivity contribution in [1.82, 2.24) is 10.2 Å². The van der Waals surface area contributed by atoms with E-state index in [-0.39, 0.29) is 25.5 Å². The Morgan fingerprint density at radius 1 is 1.11 bits per heavy atom. The standard InChI is InChI=1S/C28H24ClN3O4S/c1-2-35-27(34)24-25(18-9-4-3-5-10-18)31-28-32(26(24)21-12-6-7-13-22(21)29)19(17-37-28)15-23(33)30-16-20-11-8-14-36-20/h3-14,17,26H,2,15-16H2,1H3,(H,30,33)/t26-/m0/s1. The Morgan fingerprint density at radius 3 is 2.62 bits per heavy atom. The molecule has 0 aliphatic carbocycles. The molecule has 0 fully saturated rings. The second-order valence-corrected chi connectivity index (χ2v) is 9.54. The smallest absolute Gasteiger partial charge is 0.338 e. The molecule has 37 heavy (non-hydrogen) atoms. The van der Waals surface area contributed by atoms with E-state index in [0.29, 0.717) is 32.9 Å². The molecule has 1 aromatic heterocycles. The molecule has 2 aliphatic heterocycles. The van der Waals surface area contributed by atoms with Gasteiger partial charge >= 0.3 is 5.97 Å². The zero-order chi connectivity index (χ0) is 25.8. The summed E-state index contributed by atoms with van der Waals surface area (Å²) in [7, 11) is 0. The number of nitrogens with zero attached hydrogens (tertiary/aromatic N) is 2. The number of nitrogens with one attached hydrogen (secondary N) is 1. The molecule has 0 unspecified atom stereocenters. The Labute approximate surface area is 223 Å². The molecule has 1 N–H and O–H groups in total. The Kier molecular flexibility index (Phi) is 7.48. The van der Waals surface area contributed by atoms with E-state index in [1.807, 2.05) is 58.8 Å². The zero-order valence-corrected chi connectivity index (χ0v) is 21.6. The summed E-state index contributed by atoms with van der Waals surface area (Å²) >= 11 is 8.10. The molecule has 3 heterocycles. The van der Waals surface area contributed by atoms with Crippen molar-refractivity contribution < 1.29 is 18.7 Å². The number of thioether (sulfide) groups is 1. The van der Waals surface area contributed by atoms with Crippen LogP contribution in [0.5, 0.6) is 0 Å². The maximum absolute atomic E-state index is 13.5. The molecule has 0 radical (unpaired) electrons. The third-order valence-electron chi connectivity index (χ3n) is 5.93. The van der Waals surface area contributed by atoms with Gasteiger partial charge in [0.25, 0.3) is 0 Å². The van der Waals surface area contributed by atoms with E-state index in [9.17, 15) is 9.59 Å². The van der Waals surface area contributed by atoms with Crippen molar-refractivity contribution in [3.8, 4) is 0 Å². The van der Waals surface area contributed by atoms with E-state index in [1.165, 1.54) is 11.8 Å². The third-order valence-corrected chi connectivity index (χ3v) is 7.17. The van der Waals surface area contributed by atoms with Crippen LogP contribution in [0.25, 0.3) is 5.70 Å². The minimum atomic E-state index is -0.630. The van der Waals surface area contributed by atoms with Crippen LogP contribution >= 0.6 is 23.4 Å². The summed E-state index contributed by atoms with van der Waals surface area (Å²) in [6.07, 6.45) is 1.65. The van der Waals surface area contributed by atoms with Gasteiger partial charge in [0, 0.05) is 16.3 Å². The van der Waals surface area contributed by atoms with Gasteiger partial charge in [-0.2, -0.15) is 0 Å². The van der Waals surface area contributed by atoms with Crippen molar-refractivity contribution in [2.75, 3.05) is 6.61 Å². The molecule has 1 amide bonds. The van der Waals surface area contributed by atoms with Crippen LogP contribution in [0, 0.1) is 0 Å². The van der Waals surface area contributed by atoms with Crippen LogP contribution in [0.2, 0.25) is 5.02 Å². The van der Waals surface area contributed by atoms with Crippen molar-refractivity contribution >= 4 is 46.1 Å². The minimum Gasteiger partial charge on any atom is -0.467 e. The van der Waals surface area contributed by atoms with Crippen LogP contribution < -0.4 is 5.32 Å². The molecular weight excluding hydrogens is 510 g/mol. The lowest BCUT2D eigenvalue weighted by Crippen LogP contribution is -2.38. The minimum absolute atomic E-state index is 0.0878. The van der Waals surface area contributed by atoms with Gasteiger partial charge in [-0.3, -0.25) is 4.79 Å². The predicted octanol–water partition coefficient (Wildman–Crippen LogP) is 5.91. The van der Waals surface area contributed by atoms with Gasteiger partial charge in [-0.1, -0.05) is 71.9 Å². The molecular formula is C28H24ClN3O4S. The van der Waals surface area contributed by atoms with Gasteiger partial charge in [-0.25, -0.2) is 9.79 Å². The van der Waals surface area contributed by atoms with Crippen molar-refractivity contribution in [3.05, 3.63) is 112 Å². The second-order valence-electron chi connectivity index (χ2n) is 8.30. The molecule has 0 spiro atoms. The van der Waals surface area contributed by atoms with E-state index in [2.05, 4.69) is 5.32 Å². The highest BCUT2D eigenvalue weighted by Crippen LogP contribution is 2.48. The Morgan fingerprint density at radius 2 is 1.89 bits per heavy atom. The summed E-state index contributed by atoms with van der Waals surface area (Å²) < 4.78 is 10.8. The van der Waals surface area contributed by atoms with Crippen molar-refractivity contribution in [2.24, 2.45) is 4.99 Å². The number of aliphatic imine (C=N–C) groups is 1. The average molecular weight is 534 g/mol. The van der Waals surface area contributed by atoms with Crippen LogP contribution in [-0.2, 0) is 20.9 Å². The van der Waals surface area contributed by atoms with Crippen molar-refractivity contribution in [2.45, 2.75) is 25.9 Å². The lowest BCUT2D eigenvalue weighted by Gasteiger charge is -2.37. The summed E-state index contributed by atoms with van der Waals surface area (Å²) in [5, 5.41) is 5.94. The molecule has 0 saturated heterocycles. The number of halogens is 1. The van der Waals surface area contributed by atoms with Crippen LogP contribution in [-0.4, -0.2) is 28.6 Å². The van der Waals surface area contributed by atoms with Crippen LogP contribution in [0.3, 0.4) is 0 Å². The molecule has 188 valence electrons. The number of hydrogen-bond donors (Lipinski definition) is 1. The molecule has 3 aromatic rings. The second kappa shape index (κ2) is 11.1. The largest absolute Gasteiger partial charge is 0.467 e. The van der Waals surface area contributed by atoms with Crippen molar-refractivity contribution in [3.63, 3.8) is 0 Å². The fraction of sp³-hybridized carbons (Fsp3) is 0.179. The number of hydrogen-bond acceptors (Lipinski definition) is 7. The predicted molar refractivity (Wildman–Crippen MR) is 144 cm³/mol. The SMILES string of the molecule is CCOC(=O)C1=C(c2ccccc2)N=C2SC=C(CC(=O)NCc3ccco3)N2[C@H]1c1ccccc1Cl. The third kappa shape index (κ3) is 5.21. The number of carbonyl (C=O) groups is 2. The zero-order valence-electron chi connectivity index (χ0n) is 20.0. The van der Waals surface area contributed by atoms with E-state index in [4.69, 9.17) is 25.7 Å². The highest BCUT2D eigenvalue weighted by molar-refractivity contribution is 8.16. The maximum atomic E-state index is 13.5. The lowest BCUT2D eigenvalue weighted by atomic mass is 9.91. The number of fused-ring (bicyclic) bond motifs is 1. The highest BCUT2D eigenvalue weighted by atomic mass is 35.5. The molecule has 5 rings (SSSR count). The normalized spacial score (nSPS) is 16.7. The Hall–Kier alpha value is -3.75. The first kappa shape index (κ1) is 24.9. The van der Waals surface area contributed by atoms with Crippen LogP contribution in [0.4, 0.5) is 0 Å². The van der Waals surface area contributed by atoms with Gasteiger partial charge in [0.15, 0.2) is 5.17 Å². The number of rotatable bonds is 8. The quantitative estimate of drug-likeness (QED) is 0.362. The number of esters is 1. The fourth-order valence-electron chi connectivity index (χ4n) is 4.31. The summed E-state index contributed by atoms with van der Waals surface area (Å²) in [6, 6.07) is 19.9. The molecule has 7 nitrogen and oxygen atoms in total.